The molecule has 0 spiro atoms. The van der Waals surface area contributed by atoms with Crippen LogP contribution in [-0.4, -0.2) is 43.6 Å². The Bertz CT molecular complexity index is 1750. The third-order valence-corrected chi connectivity index (χ3v) is 9.82. The van der Waals surface area contributed by atoms with Crippen LogP contribution in [0.4, 0.5) is 0 Å². The Morgan fingerprint density at radius 2 is 1.68 bits per heavy atom. The highest BCUT2D eigenvalue weighted by Crippen LogP contribution is 2.44. The SMILES string of the molecule is CNP(=O)(OCC1=CC(=O)c2ccccc2C1=O)Oc1ccc(C(=O)NC(C)c2ccc(OCC3CCCCC3)c(C(N)=O)c2)cc1. The molecule has 4 N–H and O–H groups in total. The Hall–Kier alpha value is -4.57. The summed E-state index contributed by atoms with van der Waals surface area (Å²) in [6, 6.07) is 17.1. The van der Waals surface area contributed by atoms with Gasteiger partial charge in [-0.2, -0.15) is 0 Å². The van der Waals surface area contributed by atoms with E-state index >= 15 is 0 Å². The lowest BCUT2D eigenvalue weighted by molar-refractivity contribution is 0.0938. The number of amides is 2. The minimum absolute atomic E-state index is 0.0541. The zero-order valence-electron chi connectivity index (χ0n) is 26.3. The molecule has 2 aliphatic rings. The molecule has 47 heavy (non-hydrogen) atoms. The summed E-state index contributed by atoms with van der Waals surface area (Å²) in [4.78, 5) is 50.5. The first kappa shape index (κ1) is 33.8. The molecule has 5 rings (SSSR count). The maximum absolute atomic E-state index is 13.3. The average molecular weight is 660 g/mol. The van der Waals surface area contributed by atoms with Crippen LogP contribution >= 0.6 is 7.75 Å². The monoisotopic (exact) mass is 659 g/mol. The van der Waals surface area contributed by atoms with Crippen LogP contribution in [0.2, 0.25) is 0 Å². The molecule has 3 aromatic carbocycles. The topological polar surface area (TPSA) is 163 Å². The van der Waals surface area contributed by atoms with E-state index in [0.29, 0.717) is 35.0 Å². The molecule has 0 heterocycles. The van der Waals surface area contributed by atoms with Crippen molar-refractivity contribution >= 4 is 31.1 Å². The molecule has 11 nitrogen and oxygen atoms in total. The number of carbonyl (C=O) groups is 4. The van der Waals surface area contributed by atoms with E-state index < -0.39 is 32.1 Å². The van der Waals surface area contributed by atoms with Gasteiger partial charge in [0.15, 0.2) is 11.6 Å². The van der Waals surface area contributed by atoms with Gasteiger partial charge >= 0.3 is 7.75 Å². The molecule has 2 amide bonds. The highest BCUT2D eigenvalue weighted by atomic mass is 31.2. The number of rotatable bonds is 13. The fourth-order valence-corrected chi connectivity index (χ4v) is 6.62. The molecule has 0 aliphatic heterocycles. The molecule has 1 fully saturated rings. The van der Waals surface area contributed by atoms with Crippen LogP contribution in [0.3, 0.4) is 0 Å². The van der Waals surface area contributed by atoms with Gasteiger partial charge < -0.3 is 20.3 Å². The van der Waals surface area contributed by atoms with E-state index in [1.165, 1.54) is 56.7 Å². The first-order valence-electron chi connectivity index (χ1n) is 15.6. The van der Waals surface area contributed by atoms with Gasteiger partial charge in [0.05, 0.1) is 24.8 Å². The fraction of sp³-hybridized carbons (Fsp3) is 0.314. The largest absolute Gasteiger partial charge is 0.492 e. The minimum Gasteiger partial charge on any atom is -0.492 e. The van der Waals surface area contributed by atoms with E-state index in [2.05, 4.69) is 10.4 Å². The van der Waals surface area contributed by atoms with Crippen LogP contribution in [0.15, 0.2) is 78.4 Å². The standard InChI is InChI=1S/C35H38N3O8P/c1-22(25-14-17-32(30(18-25)34(36)41)44-20-23-8-4-3-5-9-23)38-35(42)24-12-15-27(16-13-24)46-47(43,37-2)45-21-26-19-31(39)28-10-6-7-11-29(28)33(26)40/h6-7,10-19,22-23H,3-5,8-9,20-21H2,1-2H3,(H2,36,41)(H,37,43)(H,38,42). The van der Waals surface area contributed by atoms with Crippen molar-refractivity contribution in [1.82, 2.24) is 10.4 Å². The molecule has 12 heteroatoms. The van der Waals surface area contributed by atoms with Crippen molar-refractivity contribution in [2.24, 2.45) is 11.7 Å². The third-order valence-electron chi connectivity index (χ3n) is 8.36. The number of ketones is 2. The van der Waals surface area contributed by atoms with E-state index in [4.69, 9.17) is 19.5 Å². The first-order chi connectivity index (χ1) is 22.6. The number of nitrogens with one attached hydrogen (secondary N) is 2. The number of benzene rings is 3. The van der Waals surface area contributed by atoms with Gasteiger partial charge in [-0.15, -0.1) is 0 Å². The molecule has 0 saturated heterocycles. The summed E-state index contributed by atoms with van der Waals surface area (Å²) in [7, 11) is -2.58. The Morgan fingerprint density at radius 3 is 2.36 bits per heavy atom. The molecule has 1 saturated carbocycles. The van der Waals surface area contributed by atoms with E-state index in [-0.39, 0.29) is 34.1 Å². The zero-order valence-corrected chi connectivity index (χ0v) is 27.2. The van der Waals surface area contributed by atoms with Gasteiger partial charge in [-0.1, -0.05) is 49.6 Å². The first-order valence-corrected chi connectivity index (χ1v) is 17.1. The van der Waals surface area contributed by atoms with Gasteiger partial charge in [0.25, 0.3) is 11.8 Å². The van der Waals surface area contributed by atoms with Crippen molar-refractivity contribution in [1.29, 1.82) is 0 Å². The molecule has 0 bridgehead atoms. The summed E-state index contributed by atoms with van der Waals surface area (Å²) < 4.78 is 30.3. The number of allylic oxidation sites excluding steroid dienone is 1. The average Bonchev–Trinajstić information content (AvgIpc) is 3.09. The Morgan fingerprint density at radius 1 is 0.979 bits per heavy atom. The van der Waals surface area contributed by atoms with Crippen molar-refractivity contribution in [3.05, 3.63) is 106 Å². The number of nitrogens with two attached hydrogens (primary N) is 1. The van der Waals surface area contributed by atoms with Crippen molar-refractivity contribution in [2.45, 2.75) is 45.1 Å². The highest BCUT2D eigenvalue weighted by molar-refractivity contribution is 7.52. The number of hydrogen-bond acceptors (Lipinski definition) is 8. The van der Waals surface area contributed by atoms with E-state index in [1.54, 1.807) is 49.4 Å². The second-order valence-electron chi connectivity index (χ2n) is 11.6. The number of Topliss-reactive ketones (excluding diaryl/α,β-unsaturated/α-hetero) is 1. The van der Waals surface area contributed by atoms with Crippen molar-refractivity contribution < 1.29 is 37.5 Å². The summed E-state index contributed by atoms with van der Waals surface area (Å²) >= 11 is 0. The summed E-state index contributed by atoms with van der Waals surface area (Å²) in [5.41, 5.74) is 7.52. The minimum atomic E-state index is -3.95. The summed E-state index contributed by atoms with van der Waals surface area (Å²) in [6.45, 7) is 1.91. The van der Waals surface area contributed by atoms with Gasteiger partial charge in [-0.25, -0.2) is 9.65 Å². The van der Waals surface area contributed by atoms with Crippen LogP contribution < -0.4 is 25.4 Å². The van der Waals surface area contributed by atoms with Crippen LogP contribution in [0.5, 0.6) is 11.5 Å². The number of hydrogen-bond donors (Lipinski definition) is 3. The molecule has 0 aromatic heterocycles. The predicted molar refractivity (Wildman–Crippen MR) is 176 cm³/mol. The number of fused-ring (bicyclic) bond motifs is 1. The molecule has 2 unspecified atom stereocenters. The Labute approximate surface area is 273 Å². The highest BCUT2D eigenvalue weighted by Gasteiger charge is 2.30. The van der Waals surface area contributed by atoms with E-state index in [9.17, 15) is 23.7 Å². The number of primary amides is 1. The summed E-state index contributed by atoms with van der Waals surface area (Å²) in [6.07, 6.45) is 7.03. The van der Waals surface area contributed by atoms with Crippen molar-refractivity contribution in [3.63, 3.8) is 0 Å². The van der Waals surface area contributed by atoms with Crippen LogP contribution in [-0.2, 0) is 9.09 Å². The predicted octanol–water partition coefficient (Wildman–Crippen LogP) is 5.96. The molecule has 246 valence electrons. The lowest BCUT2D eigenvalue weighted by Crippen LogP contribution is -2.27. The molecular weight excluding hydrogens is 621 g/mol. The number of ether oxygens (including phenoxy) is 1. The lowest BCUT2D eigenvalue weighted by atomic mass is 9.90. The van der Waals surface area contributed by atoms with Gasteiger partial charge in [0, 0.05) is 22.3 Å². The molecule has 0 radical (unpaired) electrons. The zero-order chi connectivity index (χ0) is 33.6. The Kier molecular flexibility index (Phi) is 10.7. The normalized spacial score (nSPS) is 16.8. The second-order valence-corrected chi connectivity index (χ2v) is 13.5. The smallest absolute Gasteiger partial charge is 0.458 e. The summed E-state index contributed by atoms with van der Waals surface area (Å²) in [5, 5.41) is 5.40. The third kappa shape index (κ3) is 8.24. The van der Waals surface area contributed by atoms with Gasteiger partial charge in [0.1, 0.15) is 11.5 Å². The van der Waals surface area contributed by atoms with Crippen LogP contribution in [0.1, 0.15) is 92.1 Å². The maximum atomic E-state index is 13.3. The quantitative estimate of drug-likeness (QED) is 0.188. The second kappa shape index (κ2) is 14.9. The van der Waals surface area contributed by atoms with Crippen LogP contribution in [0.25, 0.3) is 0 Å². The van der Waals surface area contributed by atoms with Gasteiger partial charge in [0.2, 0.25) is 0 Å². The van der Waals surface area contributed by atoms with Gasteiger partial charge in [-0.3, -0.25) is 23.7 Å². The van der Waals surface area contributed by atoms with E-state index in [1.807, 2.05) is 0 Å². The fourth-order valence-electron chi connectivity index (χ4n) is 5.63. The van der Waals surface area contributed by atoms with Crippen molar-refractivity contribution in [3.8, 4) is 11.5 Å². The molecule has 2 atom stereocenters. The lowest BCUT2D eigenvalue weighted by Gasteiger charge is -2.22. The van der Waals surface area contributed by atoms with Crippen molar-refractivity contribution in [2.75, 3.05) is 20.3 Å². The molecule has 2 aliphatic carbocycles. The molecular formula is C35H38N3O8P. The molecule has 3 aromatic rings. The number of carbonyl (C=O) groups excluding carboxylic acids is 4. The maximum Gasteiger partial charge on any atom is 0.458 e. The Balaban J connectivity index is 1.18. The van der Waals surface area contributed by atoms with Crippen LogP contribution in [0, 0.1) is 5.92 Å². The summed E-state index contributed by atoms with van der Waals surface area (Å²) in [5.74, 6) is -0.681. The van der Waals surface area contributed by atoms with Gasteiger partial charge in [-0.05, 0) is 80.8 Å². The van der Waals surface area contributed by atoms with E-state index in [0.717, 1.165) is 12.8 Å².